The SMILES string of the molecule is c1ccc(-c2ccc(-c3nc(-c4ccccc4)nc(-c4ccc(-c5ccccc5)cc4-n4c5ccccc5c5ccc(-c6ccccc6)cc54)n3)cc2)cc1. The molecule has 0 saturated heterocycles. The standard InChI is InChI=1S/C51H34N4/c1-5-15-35(16-6-1)38-25-27-40(28-26-38)50-52-49(39-21-11-4-12-22-39)53-51(54-50)45-32-30-42(37-19-9-3-10-20-37)34-48(45)55-46-24-14-13-23-43(46)44-31-29-41(33-47(44)55)36-17-7-2-8-18-36/h1-34H. The van der Waals surface area contributed by atoms with Gasteiger partial charge in [0.05, 0.1) is 16.7 Å². The van der Waals surface area contributed by atoms with Gasteiger partial charge < -0.3 is 4.57 Å². The second-order valence-electron chi connectivity index (χ2n) is 13.7. The maximum absolute atomic E-state index is 5.26. The molecular weight excluding hydrogens is 669 g/mol. The number of benzene rings is 8. The van der Waals surface area contributed by atoms with Gasteiger partial charge in [0.25, 0.3) is 0 Å². The van der Waals surface area contributed by atoms with E-state index in [4.69, 9.17) is 15.0 Å². The molecule has 8 aromatic carbocycles. The molecule has 0 unspecified atom stereocenters. The van der Waals surface area contributed by atoms with Gasteiger partial charge in [-0.3, -0.25) is 0 Å². The topological polar surface area (TPSA) is 43.6 Å². The molecule has 0 amide bonds. The number of rotatable bonds is 7. The largest absolute Gasteiger partial charge is 0.308 e. The van der Waals surface area contributed by atoms with Gasteiger partial charge in [-0.1, -0.05) is 182 Å². The van der Waals surface area contributed by atoms with Crippen LogP contribution >= 0.6 is 0 Å². The van der Waals surface area contributed by atoms with Crippen LogP contribution in [-0.4, -0.2) is 19.5 Å². The first kappa shape index (κ1) is 32.2. The molecule has 10 aromatic rings. The lowest BCUT2D eigenvalue weighted by Crippen LogP contribution is -2.04. The highest BCUT2D eigenvalue weighted by molar-refractivity contribution is 6.10. The third kappa shape index (κ3) is 6.06. The van der Waals surface area contributed by atoms with Gasteiger partial charge in [0.1, 0.15) is 0 Å². The first-order valence-electron chi connectivity index (χ1n) is 18.5. The van der Waals surface area contributed by atoms with Crippen molar-refractivity contribution in [3.05, 3.63) is 206 Å². The molecule has 0 aliphatic carbocycles. The van der Waals surface area contributed by atoms with Gasteiger partial charge >= 0.3 is 0 Å². The van der Waals surface area contributed by atoms with Crippen molar-refractivity contribution in [1.82, 2.24) is 19.5 Å². The van der Waals surface area contributed by atoms with E-state index in [9.17, 15) is 0 Å². The second-order valence-corrected chi connectivity index (χ2v) is 13.7. The fraction of sp³-hybridized carbons (Fsp3) is 0. The number of para-hydroxylation sites is 1. The highest BCUT2D eigenvalue weighted by Crippen LogP contribution is 2.39. The minimum atomic E-state index is 0.607. The fourth-order valence-corrected chi connectivity index (χ4v) is 7.54. The maximum atomic E-state index is 5.26. The third-order valence-corrected chi connectivity index (χ3v) is 10.3. The monoisotopic (exact) mass is 702 g/mol. The van der Waals surface area contributed by atoms with Crippen LogP contribution in [0.25, 0.3) is 95.0 Å². The number of nitrogens with zero attached hydrogens (tertiary/aromatic N) is 4. The average Bonchev–Trinajstić information content (AvgIpc) is 3.61. The maximum Gasteiger partial charge on any atom is 0.166 e. The summed E-state index contributed by atoms with van der Waals surface area (Å²) in [5.74, 6) is 1.85. The van der Waals surface area contributed by atoms with E-state index in [2.05, 4.69) is 187 Å². The summed E-state index contributed by atoms with van der Waals surface area (Å²) < 4.78 is 2.39. The molecule has 55 heavy (non-hydrogen) atoms. The zero-order valence-electron chi connectivity index (χ0n) is 29.9. The molecule has 4 nitrogen and oxygen atoms in total. The second kappa shape index (κ2) is 13.8. The molecule has 0 atom stereocenters. The van der Waals surface area contributed by atoms with Gasteiger partial charge in [0.2, 0.25) is 0 Å². The van der Waals surface area contributed by atoms with Crippen LogP contribution in [0.3, 0.4) is 0 Å². The van der Waals surface area contributed by atoms with Gasteiger partial charge in [0.15, 0.2) is 17.5 Å². The molecule has 0 N–H and O–H groups in total. The van der Waals surface area contributed by atoms with Crippen LogP contribution in [0.1, 0.15) is 0 Å². The Balaban J connectivity index is 1.23. The van der Waals surface area contributed by atoms with Crippen LogP contribution < -0.4 is 0 Å². The van der Waals surface area contributed by atoms with E-state index >= 15 is 0 Å². The van der Waals surface area contributed by atoms with Crippen LogP contribution in [0.2, 0.25) is 0 Å². The molecule has 0 aliphatic heterocycles. The summed E-state index contributed by atoms with van der Waals surface area (Å²) in [6.45, 7) is 0. The van der Waals surface area contributed by atoms with E-state index in [1.54, 1.807) is 0 Å². The highest BCUT2D eigenvalue weighted by atomic mass is 15.1. The zero-order valence-corrected chi connectivity index (χ0v) is 29.9. The van der Waals surface area contributed by atoms with Crippen molar-refractivity contribution in [1.29, 1.82) is 0 Å². The Morgan fingerprint density at radius 2 is 0.673 bits per heavy atom. The summed E-state index contributed by atoms with van der Waals surface area (Å²) in [6, 6.07) is 72.3. The quantitative estimate of drug-likeness (QED) is 0.166. The molecular formula is C51H34N4. The van der Waals surface area contributed by atoms with Gasteiger partial charge in [-0.05, 0) is 57.6 Å². The molecule has 0 radical (unpaired) electrons. The number of hydrogen-bond donors (Lipinski definition) is 0. The van der Waals surface area contributed by atoms with E-state index in [0.717, 1.165) is 55.7 Å². The van der Waals surface area contributed by atoms with Crippen molar-refractivity contribution < 1.29 is 0 Å². The Hall–Kier alpha value is -7.43. The normalized spacial score (nSPS) is 11.3. The molecule has 4 heteroatoms. The van der Waals surface area contributed by atoms with Crippen molar-refractivity contribution in [3.63, 3.8) is 0 Å². The van der Waals surface area contributed by atoms with Gasteiger partial charge in [0, 0.05) is 27.5 Å². The molecule has 2 heterocycles. The van der Waals surface area contributed by atoms with Crippen molar-refractivity contribution >= 4 is 21.8 Å². The molecule has 0 bridgehead atoms. The van der Waals surface area contributed by atoms with Crippen molar-refractivity contribution in [3.8, 4) is 73.2 Å². The Morgan fingerprint density at radius 3 is 1.29 bits per heavy atom. The Morgan fingerprint density at radius 1 is 0.273 bits per heavy atom. The summed E-state index contributed by atoms with van der Waals surface area (Å²) in [6.07, 6.45) is 0. The van der Waals surface area contributed by atoms with Gasteiger partial charge in [-0.25, -0.2) is 15.0 Å². The van der Waals surface area contributed by atoms with E-state index in [0.29, 0.717) is 17.5 Å². The number of aromatic nitrogens is 4. The van der Waals surface area contributed by atoms with Crippen molar-refractivity contribution in [2.75, 3.05) is 0 Å². The lowest BCUT2D eigenvalue weighted by molar-refractivity contribution is 1.06. The summed E-state index contributed by atoms with van der Waals surface area (Å²) in [5, 5.41) is 2.37. The molecule has 0 aliphatic rings. The van der Waals surface area contributed by atoms with Crippen LogP contribution in [0, 0.1) is 0 Å². The van der Waals surface area contributed by atoms with Crippen LogP contribution in [0.4, 0.5) is 0 Å². The smallest absolute Gasteiger partial charge is 0.166 e. The minimum absolute atomic E-state index is 0.607. The summed E-state index contributed by atoms with van der Waals surface area (Å²) in [5.41, 5.74) is 12.9. The Bertz CT molecular complexity index is 2940. The van der Waals surface area contributed by atoms with Gasteiger partial charge in [-0.2, -0.15) is 0 Å². The first-order chi connectivity index (χ1) is 27.3. The van der Waals surface area contributed by atoms with E-state index < -0.39 is 0 Å². The Labute approximate surface area is 319 Å². The van der Waals surface area contributed by atoms with E-state index in [1.807, 2.05) is 24.3 Å². The third-order valence-electron chi connectivity index (χ3n) is 10.3. The summed E-state index contributed by atoms with van der Waals surface area (Å²) >= 11 is 0. The molecule has 258 valence electrons. The summed E-state index contributed by atoms with van der Waals surface area (Å²) in [7, 11) is 0. The van der Waals surface area contributed by atoms with E-state index in [-0.39, 0.29) is 0 Å². The predicted octanol–water partition coefficient (Wildman–Crippen LogP) is 13.0. The van der Waals surface area contributed by atoms with Crippen LogP contribution in [0.15, 0.2) is 206 Å². The average molecular weight is 703 g/mol. The predicted molar refractivity (Wildman–Crippen MR) is 227 cm³/mol. The van der Waals surface area contributed by atoms with Crippen molar-refractivity contribution in [2.24, 2.45) is 0 Å². The number of hydrogen-bond acceptors (Lipinski definition) is 3. The first-order valence-corrected chi connectivity index (χ1v) is 18.5. The molecule has 2 aromatic heterocycles. The molecule has 10 rings (SSSR count). The molecule has 0 fully saturated rings. The van der Waals surface area contributed by atoms with Gasteiger partial charge in [-0.15, -0.1) is 0 Å². The van der Waals surface area contributed by atoms with Crippen LogP contribution in [0.5, 0.6) is 0 Å². The lowest BCUT2D eigenvalue weighted by atomic mass is 10.0. The van der Waals surface area contributed by atoms with Crippen molar-refractivity contribution in [2.45, 2.75) is 0 Å². The highest BCUT2D eigenvalue weighted by Gasteiger charge is 2.21. The lowest BCUT2D eigenvalue weighted by Gasteiger charge is -2.17. The Kier molecular flexibility index (Phi) is 8.12. The minimum Gasteiger partial charge on any atom is -0.308 e. The summed E-state index contributed by atoms with van der Waals surface area (Å²) in [4.78, 5) is 15.6. The van der Waals surface area contributed by atoms with Crippen LogP contribution in [-0.2, 0) is 0 Å². The number of fused-ring (bicyclic) bond motifs is 3. The van der Waals surface area contributed by atoms with E-state index in [1.165, 1.54) is 21.9 Å². The molecule has 0 saturated carbocycles. The zero-order chi connectivity index (χ0) is 36.6. The molecule has 0 spiro atoms. The fourth-order valence-electron chi connectivity index (χ4n) is 7.54.